The van der Waals surface area contributed by atoms with Crippen molar-refractivity contribution in [3.05, 3.63) is 18.7 Å². The Hall–Kier alpha value is -0.310. The average Bonchev–Trinajstić information content (AvgIpc) is 2.99. The second-order valence-corrected chi connectivity index (χ2v) is 4.87. The van der Waals surface area contributed by atoms with Gasteiger partial charge >= 0.3 is 0 Å². The fraction of sp³-hybridized carbons (Fsp3) is 0.786. The van der Waals surface area contributed by atoms with E-state index in [1.807, 2.05) is 17.8 Å². The Morgan fingerprint density at radius 1 is 1.18 bits per heavy atom. The zero-order valence-corrected chi connectivity index (χ0v) is 13.0. The van der Waals surface area contributed by atoms with Gasteiger partial charge in [-0.25, -0.2) is 4.98 Å². The molecule has 100 valence electrons. The highest BCUT2D eigenvalue weighted by atomic mass is 79.9. The summed E-state index contributed by atoms with van der Waals surface area (Å²) >= 11 is 0. The van der Waals surface area contributed by atoms with Crippen LogP contribution in [0.4, 0.5) is 0 Å². The highest BCUT2D eigenvalue weighted by molar-refractivity contribution is 8.93. The highest BCUT2D eigenvalue weighted by Crippen LogP contribution is 2.34. The summed E-state index contributed by atoms with van der Waals surface area (Å²) in [5, 5.41) is 0. The van der Waals surface area contributed by atoms with Crippen LogP contribution in [0.15, 0.2) is 18.7 Å². The van der Waals surface area contributed by atoms with Gasteiger partial charge in [0.2, 0.25) is 0 Å². The number of nitrogens with zero attached hydrogens (tertiary/aromatic N) is 2. The summed E-state index contributed by atoms with van der Waals surface area (Å²) < 4.78 is 1.89. The number of rotatable bonds is 6. The summed E-state index contributed by atoms with van der Waals surface area (Å²) in [5.41, 5.74) is 0. The minimum Gasteiger partial charge on any atom is -0.341 e. The molecule has 2 rings (SSSR count). The molecule has 17 heavy (non-hydrogen) atoms. The van der Waals surface area contributed by atoms with Crippen molar-refractivity contribution in [1.29, 1.82) is 0 Å². The molecule has 0 unspecified atom stereocenters. The third kappa shape index (κ3) is 10.6. The monoisotopic (exact) mass is 302 g/mol. The molecule has 2 nitrogen and oxygen atoms in total. The first-order valence-electron chi connectivity index (χ1n) is 6.75. The van der Waals surface area contributed by atoms with Gasteiger partial charge < -0.3 is 4.57 Å². The molecule has 1 aromatic heterocycles. The molecule has 0 radical (unpaired) electrons. The van der Waals surface area contributed by atoms with Crippen LogP contribution >= 0.6 is 17.0 Å². The van der Waals surface area contributed by atoms with E-state index in [0.29, 0.717) is 0 Å². The van der Waals surface area contributed by atoms with E-state index in [1.54, 1.807) is 12.5 Å². The normalized spacial score (nSPS) is 13.5. The van der Waals surface area contributed by atoms with Gasteiger partial charge in [-0.15, -0.1) is 17.0 Å². The van der Waals surface area contributed by atoms with E-state index in [4.69, 9.17) is 0 Å². The molecule has 1 aliphatic carbocycles. The summed E-state index contributed by atoms with van der Waals surface area (Å²) in [6.45, 7) is 2.28. The molecule has 1 fully saturated rings. The topological polar surface area (TPSA) is 17.8 Å². The molecule has 3 heteroatoms. The lowest BCUT2D eigenvalue weighted by Crippen LogP contribution is -1.79. The van der Waals surface area contributed by atoms with Crippen LogP contribution in [0, 0.1) is 5.92 Å². The number of unbranched alkanes of at least 4 members (excludes halogenated alkanes) is 4. The first-order chi connectivity index (χ1) is 7.83. The van der Waals surface area contributed by atoms with Crippen LogP contribution in [0.2, 0.25) is 0 Å². The predicted molar refractivity (Wildman–Crippen MR) is 79.6 cm³/mol. The number of halogens is 1. The fourth-order valence-electron chi connectivity index (χ4n) is 1.77. The molecule has 0 bridgehead atoms. The summed E-state index contributed by atoms with van der Waals surface area (Å²) in [6.07, 6.45) is 17.3. The Bertz CT molecular complexity index is 243. The van der Waals surface area contributed by atoms with Crippen LogP contribution in [-0.2, 0) is 7.05 Å². The molecule has 1 aliphatic rings. The van der Waals surface area contributed by atoms with Gasteiger partial charge in [-0.05, 0) is 5.92 Å². The van der Waals surface area contributed by atoms with Gasteiger partial charge in [0.1, 0.15) is 0 Å². The fourth-order valence-corrected chi connectivity index (χ4v) is 1.77. The molecule has 0 spiro atoms. The van der Waals surface area contributed by atoms with Gasteiger partial charge in [-0.2, -0.15) is 0 Å². The van der Waals surface area contributed by atoms with E-state index in [-0.39, 0.29) is 17.0 Å². The largest absolute Gasteiger partial charge is 0.341 e. The lowest BCUT2D eigenvalue weighted by Gasteiger charge is -1.97. The van der Waals surface area contributed by atoms with E-state index >= 15 is 0 Å². The molecule has 1 aromatic rings. The molecule has 0 atom stereocenters. The van der Waals surface area contributed by atoms with E-state index in [0.717, 1.165) is 5.92 Å². The maximum atomic E-state index is 3.78. The van der Waals surface area contributed by atoms with Crippen molar-refractivity contribution in [2.24, 2.45) is 13.0 Å². The quantitative estimate of drug-likeness (QED) is 0.693. The third-order valence-electron chi connectivity index (χ3n) is 3.05. The maximum absolute atomic E-state index is 3.78. The Balaban J connectivity index is 0.000000316. The van der Waals surface area contributed by atoms with Gasteiger partial charge in [0.15, 0.2) is 0 Å². The number of imidazole rings is 1. The molecule has 0 aliphatic heterocycles. The summed E-state index contributed by atoms with van der Waals surface area (Å²) in [7, 11) is 1.94. The zero-order chi connectivity index (χ0) is 11.6. The van der Waals surface area contributed by atoms with E-state index in [9.17, 15) is 0 Å². The predicted octanol–water partition coefficient (Wildman–Crippen LogP) is 4.75. The molecule has 0 amide bonds. The SMILES string of the molecule is Br.CCCCCCCC1CC1.Cn1ccnc1. The second-order valence-electron chi connectivity index (χ2n) is 4.87. The van der Waals surface area contributed by atoms with Crippen molar-refractivity contribution in [3.63, 3.8) is 0 Å². The molecule has 0 N–H and O–H groups in total. The Morgan fingerprint density at radius 3 is 2.29 bits per heavy atom. The number of aromatic nitrogens is 2. The number of hydrogen-bond donors (Lipinski definition) is 0. The van der Waals surface area contributed by atoms with Crippen molar-refractivity contribution in [2.45, 2.75) is 58.3 Å². The Labute approximate surface area is 117 Å². The first-order valence-corrected chi connectivity index (χ1v) is 6.75. The van der Waals surface area contributed by atoms with Crippen molar-refractivity contribution >= 4 is 17.0 Å². The summed E-state index contributed by atoms with van der Waals surface area (Å²) in [6, 6.07) is 0. The van der Waals surface area contributed by atoms with Gasteiger partial charge in [0.05, 0.1) is 6.33 Å². The molecule has 1 saturated carbocycles. The Morgan fingerprint density at radius 2 is 1.88 bits per heavy atom. The van der Waals surface area contributed by atoms with Crippen LogP contribution in [-0.4, -0.2) is 9.55 Å². The minimum absolute atomic E-state index is 0. The maximum Gasteiger partial charge on any atom is 0.0943 e. The van der Waals surface area contributed by atoms with Crippen LogP contribution < -0.4 is 0 Å². The Kier molecular flexibility index (Phi) is 10.6. The minimum atomic E-state index is 0. The van der Waals surface area contributed by atoms with Crippen LogP contribution in [0.3, 0.4) is 0 Å². The second kappa shape index (κ2) is 10.8. The van der Waals surface area contributed by atoms with Crippen molar-refractivity contribution in [3.8, 4) is 0 Å². The van der Waals surface area contributed by atoms with Crippen molar-refractivity contribution in [2.75, 3.05) is 0 Å². The molecular weight excluding hydrogens is 276 g/mol. The highest BCUT2D eigenvalue weighted by Gasteiger charge is 2.19. The first kappa shape index (κ1) is 16.7. The molecular formula is C14H27BrN2. The van der Waals surface area contributed by atoms with Crippen LogP contribution in [0.25, 0.3) is 0 Å². The van der Waals surface area contributed by atoms with Crippen molar-refractivity contribution < 1.29 is 0 Å². The zero-order valence-electron chi connectivity index (χ0n) is 11.3. The third-order valence-corrected chi connectivity index (χ3v) is 3.05. The van der Waals surface area contributed by atoms with Gasteiger partial charge in [-0.3, -0.25) is 0 Å². The number of aryl methyl sites for hydroxylation is 1. The van der Waals surface area contributed by atoms with Crippen molar-refractivity contribution in [1.82, 2.24) is 9.55 Å². The molecule has 0 saturated heterocycles. The molecule has 1 heterocycles. The molecule has 0 aromatic carbocycles. The smallest absolute Gasteiger partial charge is 0.0943 e. The summed E-state index contributed by atoms with van der Waals surface area (Å²) in [4.78, 5) is 3.78. The average molecular weight is 303 g/mol. The van der Waals surface area contributed by atoms with Crippen LogP contribution in [0.1, 0.15) is 58.3 Å². The standard InChI is InChI=1S/C10H20.C4H6N2.BrH/c1-2-3-4-5-6-7-10-8-9-10;1-6-3-2-5-4-6;/h10H,2-9H2,1H3;2-4H,1H3;1H. The summed E-state index contributed by atoms with van der Waals surface area (Å²) in [5.74, 6) is 1.15. The van der Waals surface area contributed by atoms with E-state index in [1.165, 1.54) is 51.4 Å². The van der Waals surface area contributed by atoms with Gasteiger partial charge in [0.25, 0.3) is 0 Å². The van der Waals surface area contributed by atoms with Crippen LogP contribution in [0.5, 0.6) is 0 Å². The van der Waals surface area contributed by atoms with Gasteiger partial charge in [0, 0.05) is 19.4 Å². The van der Waals surface area contributed by atoms with E-state index < -0.39 is 0 Å². The lowest BCUT2D eigenvalue weighted by molar-refractivity contribution is 0.580. The van der Waals surface area contributed by atoms with E-state index in [2.05, 4.69) is 11.9 Å². The lowest BCUT2D eigenvalue weighted by atomic mass is 10.1. The number of hydrogen-bond acceptors (Lipinski definition) is 1. The van der Waals surface area contributed by atoms with Gasteiger partial charge in [-0.1, -0.05) is 58.3 Å².